The number of nitrogens with one attached hydrogen (secondary N) is 2. The molecule has 1 amide bonds. The fourth-order valence-corrected chi connectivity index (χ4v) is 5.85. The Balaban J connectivity index is 1.18. The molecule has 206 valence electrons. The summed E-state index contributed by atoms with van der Waals surface area (Å²) in [5.41, 5.74) is 7.14. The summed E-state index contributed by atoms with van der Waals surface area (Å²) < 4.78 is 5.47. The normalized spacial score (nSPS) is 19.0. The van der Waals surface area contributed by atoms with Crippen LogP contribution >= 0.6 is 0 Å². The second-order valence-corrected chi connectivity index (χ2v) is 10.6. The fourth-order valence-electron chi connectivity index (χ4n) is 5.85. The van der Waals surface area contributed by atoms with Crippen LogP contribution in [0.25, 0.3) is 11.0 Å². The lowest BCUT2D eigenvalue weighted by molar-refractivity contribution is -0.152. The molecule has 11 nitrogen and oxygen atoms in total. The van der Waals surface area contributed by atoms with Gasteiger partial charge >= 0.3 is 5.97 Å². The standard InChI is InChI=1S/C29H32N8O3/c1-4-40-28(39)22-15-36(27(38)19-5-6-23-24(12-19)34-35-33-23)8-7-26(22)37-14-20-13-30-29(32-25(20)16-37)31-21-10-17(2)9-18(3)11-21/h5-6,9-13,22,26H,4,7-8,14-16H2,1-3H3,(H,30,31,32)(H,33,34,35)/t22-,26+/m1/s1. The summed E-state index contributed by atoms with van der Waals surface area (Å²) in [4.78, 5) is 39.9. The summed E-state index contributed by atoms with van der Waals surface area (Å²) >= 11 is 0. The van der Waals surface area contributed by atoms with Crippen molar-refractivity contribution in [3.63, 3.8) is 0 Å². The van der Waals surface area contributed by atoms with E-state index in [1.807, 2.05) is 6.20 Å². The molecule has 4 heterocycles. The van der Waals surface area contributed by atoms with Crippen molar-refractivity contribution in [3.8, 4) is 0 Å². The van der Waals surface area contributed by atoms with E-state index in [0.717, 1.165) is 16.9 Å². The number of hydrogen-bond donors (Lipinski definition) is 2. The molecule has 2 aliphatic heterocycles. The van der Waals surface area contributed by atoms with Crippen LogP contribution in [0.2, 0.25) is 0 Å². The molecule has 1 saturated heterocycles. The Labute approximate surface area is 231 Å². The third-order valence-electron chi connectivity index (χ3n) is 7.64. The molecule has 0 saturated carbocycles. The number of amides is 1. The van der Waals surface area contributed by atoms with E-state index in [0.29, 0.717) is 48.6 Å². The first kappa shape index (κ1) is 25.9. The predicted octanol–water partition coefficient (Wildman–Crippen LogP) is 3.52. The van der Waals surface area contributed by atoms with Crippen molar-refractivity contribution in [1.82, 2.24) is 35.2 Å². The molecule has 0 bridgehead atoms. The highest BCUT2D eigenvalue weighted by Gasteiger charge is 2.42. The average molecular weight is 541 g/mol. The first-order valence-electron chi connectivity index (χ1n) is 13.6. The number of piperidine rings is 1. The molecular weight excluding hydrogens is 508 g/mol. The van der Waals surface area contributed by atoms with Crippen LogP contribution in [0.1, 0.15) is 46.1 Å². The number of benzene rings is 2. The molecule has 2 aromatic carbocycles. The number of aryl methyl sites for hydroxylation is 2. The van der Waals surface area contributed by atoms with Gasteiger partial charge < -0.3 is 15.0 Å². The molecule has 6 rings (SSSR count). The number of ether oxygens (including phenoxy) is 1. The number of carbonyl (C=O) groups is 2. The van der Waals surface area contributed by atoms with Gasteiger partial charge in [-0.1, -0.05) is 6.07 Å². The number of rotatable bonds is 6. The van der Waals surface area contributed by atoms with Crippen LogP contribution in [0.3, 0.4) is 0 Å². The summed E-state index contributed by atoms with van der Waals surface area (Å²) in [5.74, 6) is -0.327. The molecule has 2 aromatic heterocycles. The van der Waals surface area contributed by atoms with E-state index >= 15 is 0 Å². The monoisotopic (exact) mass is 540 g/mol. The van der Waals surface area contributed by atoms with E-state index in [1.165, 1.54) is 11.1 Å². The number of likely N-dealkylation sites (tertiary alicyclic amines) is 1. The number of nitrogens with zero attached hydrogens (tertiary/aromatic N) is 6. The molecule has 0 unspecified atom stereocenters. The number of hydrogen-bond acceptors (Lipinski definition) is 9. The summed E-state index contributed by atoms with van der Waals surface area (Å²) in [6, 6.07) is 11.4. The molecule has 11 heteroatoms. The van der Waals surface area contributed by atoms with Crippen LogP contribution in [0.5, 0.6) is 0 Å². The van der Waals surface area contributed by atoms with Crippen LogP contribution in [-0.4, -0.2) is 72.8 Å². The van der Waals surface area contributed by atoms with Crippen molar-refractivity contribution in [2.24, 2.45) is 5.92 Å². The number of aromatic amines is 1. The second-order valence-electron chi connectivity index (χ2n) is 10.6. The molecule has 2 aliphatic rings. The molecule has 0 radical (unpaired) electrons. The van der Waals surface area contributed by atoms with Crippen molar-refractivity contribution in [2.75, 3.05) is 25.0 Å². The van der Waals surface area contributed by atoms with E-state index in [2.05, 4.69) is 62.7 Å². The Hall–Kier alpha value is -4.38. The smallest absolute Gasteiger partial charge is 0.312 e. The fraction of sp³-hybridized carbons (Fsp3) is 0.379. The lowest BCUT2D eigenvalue weighted by Gasteiger charge is -2.41. The maximum absolute atomic E-state index is 13.4. The Kier molecular flexibility index (Phi) is 6.89. The van der Waals surface area contributed by atoms with Crippen LogP contribution in [0.15, 0.2) is 42.6 Å². The zero-order valence-electron chi connectivity index (χ0n) is 22.8. The Morgan fingerprint density at radius 2 is 1.88 bits per heavy atom. The van der Waals surface area contributed by atoms with E-state index < -0.39 is 5.92 Å². The zero-order valence-corrected chi connectivity index (χ0v) is 22.8. The average Bonchev–Trinajstić information content (AvgIpc) is 3.58. The molecule has 4 aromatic rings. The molecule has 40 heavy (non-hydrogen) atoms. The van der Waals surface area contributed by atoms with Gasteiger partial charge in [0.05, 0.1) is 18.2 Å². The van der Waals surface area contributed by atoms with Crippen molar-refractivity contribution in [1.29, 1.82) is 0 Å². The van der Waals surface area contributed by atoms with E-state index in [1.54, 1.807) is 30.0 Å². The van der Waals surface area contributed by atoms with Gasteiger partial charge in [0.1, 0.15) is 11.0 Å². The number of aromatic nitrogens is 5. The van der Waals surface area contributed by atoms with Gasteiger partial charge in [0.15, 0.2) is 0 Å². The van der Waals surface area contributed by atoms with Crippen LogP contribution in [0, 0.1) is 19.8 Å². The summed E-state index contributed by atoms with van der Waals surface area (Å²) in [6.07, 6.45) is 2.52. The minimum Gasteiger partial charge on any atom is -0.466 e. The highest BCUT2D eigenvalue weighted by molar-refractivity contribution is 5.97. The molecular formula is C29H32N8O3. The van der Waals surface area contributed by atoms with Crippen LogP contribution < -0.4 is 5.32 Å². The number of carbonyl (C=O) groups excluding carboxylic acids is 2. The largest absolute Gasteiger partial charge is 0.466 e. The maximum Gasteiger partial charge on any atom is 0.312 e. The van der Waals surface area contributed by atoms with Gasteiger partial charge in [-0.15, -0.1) is 0 Å². The number of H-pyrrole nitrogens is 1. The van der Waals surface area contributed by atoms with Crippen LogP contribution in [0.4, 0.5) is 11.6 Å². The number of anilines is 2. The maximum atomic E-state index is 13.4. The summed E-state index contributed by atoms with van der Waals surface area (Å²) in [6.45, 7) is 8.30. The molecule has 0 spiro atoms. The summed E-state index contributed by atoms with van der Waals surface area (Å²) in [5, 5.41) is 14.0. The molecule has 1 fully saturated rings. The summed E-state index contributed by atoms with van der Waals surface area (Å²) in [7, 11) is 0. The topological polar surface area (TPSA) is 129 Å². The molecule has 0 aliphatic carbocycles. The van der Waals surface area contributed by atoms with Gasteiger partial charge in [-0.3, -0.25) is 14.5 Å². The van der Waals surface area contributed by atoms with Gasteiger partial charge in [-0.25, -0.2) is 9.97 Å². The second kappa shape index (κ2) is 10.6. The lowest BCUT2D eigenvalue weighted by Crippen LogP contribution is -2.54. The zero-order chi connectivity index (χ0) is 27.8. The van der Waals surface area contributed by atoms with E-state index in [4.69, 9.17) is 9.72 Å². The Morgan fingerprint density at radius 1 is 1.07 bits per heavy atom. The third kappa shape index (κ3) is 5.12. The highest BCUT2D eigenvalue weighted by Crippen LogP contribution is 2.32. The van der Waals surface area contributed by atoms with Crippen molar-refractivity contribution in [2.45, 2.75) is 46.3 Å². The SMILES string of the molecule is CCOC(=O)[C@@H]1CN(C(=O)c2ccc3n[nH]nc3c2)CC[C@@H]1N1Cc2cnc(Nc3cc(C)cc(C)c3)nc2C1. The van der Waals surface area contributed by atoms with Crippen molar-refractivity contribution < 1.29 is 14.3 Å². The van der Waals surface area contributed by atoms with Gasteiger partial charge in [0.25, 0.3) is 5.91 Å². The first-order valence-corrected chi connectivity index (χ1v) is 13.6. The van der Waals surface area contributed by atoms with Gasteiger partial charge in [0.2, 0.25) is 5.95 Å². The van der Waals surface area contributed by atoms with E-state index in [9.17, 15) is 9.59 Å². The van der Waals surface area contributed by atoms with Gasteiger partial charge in [0, 0.05) is 55.2 Å². The minimum absolute atomic E-state index is 0.0776. The highest BCUT2D eigenvalue weighted by atomic mass is 16.5. The third-order valence-corrected chi connectivity index (χ3v) is 7.64. The quantitative estimate of drug-likeness (QED) is 0.353. The number of fused-ring (bicyclic) bond motifs is 2. The Bertz CT molecular complexity index is 1560. The Morgan fingerprint density at radius 3 is 2.67 bits per heavy atom. The predicted molar refractivity (Wildman–Crippen MR) is 149 cm³/mol. The first-order chi connectivity index (χ1) is 19.4. The molecule has 2 N–H and O–H groups in total. The van der Waals surface area contributed by atoms with Gasteiger partial charge in [-0.05, 0) is 68.7 Å². The van der Waals surface area contributed by atoms with Crippen molar-refractivity contribution >= 4 is 34.5 Å². The van der Waals surface area contributed by atoms with Gasteiger partial charge in [-0.2, -0.15) is 15.4 Å². The minimum atomic E-state index is -0.469. The van der Waals surface area contributed by atoms with Crippen LogP contribution in [-0.2, 0) is 22.6 Å². The molecule has 2 atom stereocenters. The number of esters is 1. The lowest BCUT2D eigenvalue weighted by atomic mass is 9.90. The van der Waals surface area contributed by atoms with Crippen molar-refractivity contribution in [3.05, 3.63) is 70.5 Å². The van der Waals surface area contributed by atoms with E-state index in [-0.39, 0.29) is 31.1 Å².